The van der Waals surface area contributed by atoms with Crippen molar-refractivity contribution in [3.05, 3.63) is 29.8 Å². The number of guanidine groups is 1. The summed E-state index contributed by atoms with van der Waals surface area (Å²) >= 11 is 0. The lowest BCUT2D eigenvalue weighted by Gasteiger charge is -2.32. The Morgan fingerprint density at radius 2 is 1.88 bits per heavy atom. The number of hydrogen-bond donors (Lipinski definition) is 2. The average Bonchev–Trinajstić information content (AvgIpc) is 2.56. The lowest BCUT2D eigenvalue weighted by Crippen LogP contribution is -2.49. The Morgan fingerprint density at radius 1 is 1.24 bits per heavy atom. The highest BCUT2D eigenvalue weighted by Gasteiger charge is 2.20. The Labute approximate surface area is 170 Å². The van der Waals surface area contributed by atoms with Gasteiger partial charge in [0.25, 0.3) is 0 Å². The molecule has 0 amide bonds. The maximum atomic E-state index is 5.39. The van der Waals surface area contributed by atoms with Crippen LogP contribution in [0.15, 0.2) is 29.3 Å². The Balaban J connectivity index is 0.00000576. The van der Waals surface area contributed by atoms with Gasteiger partial charge < -0.3 is 15.4 Å². The fraction of sp³-hybridized carbons (Fsp3) is 0.632. The van der Waals surface area contributed by atoms with Gasteiger partial charge in [0.2, 0.25) is 0 Å². The average molecular weight is 462 g/mol. The lowest BCUT2D eigenvalue weighted by molar-refractivity contribution is 0.218. The number of hydrogen-bond acceptors (Lipinski definition) is 3. The molecule has 0 aliphatic heterocycles. The first-order valence-corrected chi connectivity index (χ1v) is 8.71. The maximum absolute atomic E-state index is 5.39. The lowest BCUT2D eigenvalue weighted by atomic mass is 10.0. The van der Waals surface area contributed by atoms with Crippen molar-refractivity contribution in [1.82, 2.24) is 15.5 Å². The van der Waals surface area contributed by atoms with E-state index in [1.807, 2.05) is 12.1 Å². The molecule has 0 saturated carbocycles. The summed E-state index contributed by atoms with van der Waals surface area (Å²) in [6, 6.07) is 8.56. The van der Waals surface area contributed by atoms with E-state index >= 15 is 0 Å². The number of halogens is 1. The zero-order valence-electron chi connectivity index (χ0n) is 16.7. The molecule has 144 valence electrons. The normalized spacial score (nSPS) is 13.2. The summed E-state index contributed by atoms with van der Waals surface area (Å²) in [6.07, 6.45) is 0. The van der Waals surface area contributed by atoms with E-state index < -0.39 is 0 Å². The second-order valence-electron chi connectivity index (χ2n) is 6.84. The molecular weight excluding hydrogens is 427 g/mol. The van der Waals surface area contributed by atoms with E-state index in [0.29, 0.717) is 0 Å². The predicted octanol–water partition coefficient (Wildman–Crippen LogP) is 3.66. The molecule has 1 rings (SSSR count). The SMILES string of the molecule is CCN(CC)C(CNC(=NC)NC(C)(C)C)c1cccc(OC)c1.I. The van der Waals surface area contributed by atoms with Gasteiger partial charge in [-0.05, 0) is 51.6 Å². The van der Waals surface area contributed by atoms with Crippen molar-refractivity contribution in [2.24, 2.45) is 4.99 Å². The van der Waals surface area contributed by atoms with Crippen LogP contribution in [0, 0.1) is 0 Å². The standard InChI is InChI=1S/C19H34N4O.HI/c1-8-23(9-2)17(15-11-10-12-16(13-15)24-7)14-21-18(20-6)22-19(3,4)5;/h10-13,17H,8-9,14H2,1-7H3,(H2,20,21,22);1H. The summed E-state index contributed by atoms with van der Waals surface area (Å²) in [7, 11) is 3.51. The van der Waals surface area contributed by atoms with Crippen molar-refractivity contribution in [2.75, 3.05) is 33.8 Å². The number of methoxy groups -OCH3 is 1. The van der Waals surface area contributed by atoms with Gasteiger partial charge in [0.15, 0.2) is 5.96 Å². The van der Waals surface area contributed by atoms with Crippen LogP contribution in [0.25, 0.3) is 0 Å². The molecule has 1 aromatic rings. The van der Waals surface area contributed by atoms with E-state index in [4.69, 9.17) is 4.74 Å². The fourth-order valence-electron chi connectivity index (χ4n) is 2.70. The van der Waals surface area contributed by atoms with Crippen LogP contribution in [-0.4, -0.2) is 50.2 Å². The van der Waals surface area contributed by atoms with Gasteiger partial charge >= 0.3 is 0 Å². The molecule has 5 nitrogen and oxygen atoms in total. The first kappa shape index (κ1) is 24.0. The molecule has 1 unspecified atom stereocenters. The van der Waals surface area contributed by atoms with Crippen LogP contribution in [0.4, 0.5) is 0 Å². The molecule has 0 spiro atoms. The molecule has 1 atom stereocenters. The van der Waals surface area contributed by atoms with Gasteiger partial charge in [-0.25, -0.2) is 0 Å². The molecule has 2 N–H and O–H groups in total. The van der Waals surface area contributed by atoms with Gasteiger partial charge in [0.05, 0.1) is 13.2 Å². The van der Waals surface area contributed by atoms with Gasteiger partial charge in [-0.2, -0.15) is 0 Å². The largest absolute Gasteiger partial charge is 0.497 e. The van der Waals surface area contributed by atoms with Gasteiger partial charge in [0.1, 0.15) is 5.75 Å². The number of ether oxygens (including phenoxy) is 1. The second kappa shape index (κ2) is 11.6. The number of nitrogens with one attached hydrogen (secondary N) is 2. The third-order valence-electron chi connectivity index (χ3n) is 3.91. The van der Waals surface area contributed by atoms with Crippen molar-refractivity contribution in [2.45, 2.75) is 46.2 Å². The second-order valence-corrected chi connectivity index (χ2v) is 6.84. The predicted molar refractivity (Wildman–Crippen MR) is 118 cm³/mol. The van der Waals surface area contributed by atoms with Crippen molar-refractivity contribution >= 4 is 29.9 Å². The number of likely N-dealkylation sites (N-methyl/N-ethyl adjacent to an activating group) is 1. The Bertz CT molecular complexity index is 524. The molecule has 0 bridgehead atoms. The number of aliphatic imine (C=N–C) groups is 1. The molecule has 6 heteroatoms. The van der Waals surface area contributed by atoms with Crippen LogP contribution in [0.2, 0.25) is 0 Å². The summed E-state index contributed by atoms with van der Waals surface area (Å²) in [5.74, 6) is 1.71. The maximum Gasteiger partial charge on any atom is 0.191 e. The molecule has 0 aliphatic carbocycles. The topological polar surface area (TPSA) is 48.9 Å². The van der Waals surface area contributed by atoms with Crippen molar-refractivity contribution < 1.29 is 4.74 Å². The molecule has 1 aromatic carbocycles. The van der Waals surface area contributed by atoms with Crippen LogP contribution in [-0.2, 0) is 0 Å². The molecule has 0 fully saturated rings. The van der Waals surface area contributed by atoms with Gasteiger partial charge in [-0.3, -0.25) is 9.89 Å². The molecule has 0 aromatic heterocycles. The number of benzene rings is 1. The highest BCUT2D eigenvalue weighted by Crippen LogP contribution is 2.23. The fourth-order valence-corrected chi connectivity index (χ4v) is 2.70. The van der Waals surface area contributed by atoms with E-state index in [2.05, 4.69) is 67.3 Å². The van der Waals surface area contributed by atoms with Crippen molar-refractivity contribution in [3.63, 3.8) is 0 Å². The molecule has 0 radical (unpaired) electrons. The first-order chi connectivity index (χ1) is 11.3. The van der Waals surface area contributed by atoms with Crippen LogP contribution >= 0.6 is 24.0 Å². The summed E-state index contributed by atoms with van der Waals surface area (Å²) < 4.78 is 5.39. The molecule has 25 heavy (non-hydrogen) atoms. The van der Waals surface area contributed by atoms with Crippen LogP contribution < -0.4 is 15.4 Å². The van der Waals surface area contributed by atoms with Crippen LogP contribution in [0.5, 0.6) is 5.75 Å². The minimum atomic E-state index is -0.0253. The van der Waals surface area contributed by atoms with Gasteiger partial charge in [-0.15, -0.1) is 24.0 Å². The summed E-state index contributed by atoms with van der Waals surface area (Å²) in [5, 5.41) is 6.87. The quantitative estimate of drug-likeness (QED) is 0.369. The summed E-state index contributed by atoms with van der Waals surface area (Å²) in [5.41, 5.74) is 1.22. The van der Waals surface area contributed by atoms with E-state index in [1.165, 1.54) is 5.56 Å². The molecule has 0 aliphatic rings. The van der Waals surface area contributed by atoms with Gasteiger partial charge in [-0.1, -0.05) is 26.0 Å². The highest BCUT2D eigenvalue weighted by atomic mass is 127. The molecule has 0 saturated heterocycles. The number of rotatable bonds is 7. The Kier molecular flexibility index (Phi) is 11.1. The first-order valence-electron chi connectivity index (χ1n) is 8.71. The monoisotopic (exact) mass is 462 g/mol. The minimum Gasteiger partial charge on any atom is -0.497 e. The van der Waals surface area contributed by atoms with Crippen molar-refractivity contribution in [1.29, 1.82) is 0 Å². The zero-order chi connectivity index (χ0) is 18.2. The Morgan fingerprint density at radius 3 is 2.36 bits per heavy atom. The van der Waals surface area contributed by atoms with Crippen LogP contribution in [0.1, 0.15) is 46.2 Å². The van der Waals surface area contributed by atoms with Crippen LogP contribution in [0.3, 0.4) is 0 Å². The third kappa shape index (κ3) is 8.27. The van der Waals surface area contributed by atoms with E-state index in [1.54, 1.807) is 14.2 Å². The highest BCUT2D eigenvalue weighted by molar-refractivity contribution is 14.0. The molecule has 0 heterocycles. The third-order valence-corrected chi connectivity index (χ3v) is 3.91. The minimum absolute atomic E-state index is 0. The smallest absolute Gasteiger partial charge is 0.191 e. The van der Waals surface area contributed by atoms with Crippen molar-refractivity contribution in [3.8, 4) is 5.75 Å². The number of nitrogens with zero attached hydrogens (tertiary/aromatic N) is 2. The molecular formula is C19H35IN4O. The summed E-state index contributed by atoms with van der Waals surface area (Å²) in [6.45, 7) is 13.5. The summed E-state index contributed by atoms with van der Waals surface area (Å²) in [4.78, 5) is 6.77. The zero-order valence-corrected chi connectivity index (χ0v) is 19.0. The van der Waals surface area contributed by atoms with E-state index in [0.717, 1.165) is 31.3 Å². The van der Waals surface area contributed by atoms with E-state index in [-0.39, 0.29) is 35.6 Å². The van der Waals surface area contributed by atoms with E-state index in [9.17, 15) is 0 Å². The van der Waals surface area contributed by atoms with Gasteiger partial charge in [0, 0.05) is 19.1 Å². The Hall–Kier alpha value is -1.02.